The van der Waals surface area contributed by atoms with Gasteiger partial charge in [-0.3, -0.25) is 9.59 Å². The zero-order valence-electron chi connectivity index (χ0n) is 21.4. The summed E-state index contributed by atoms with van der Waals surface area (Å²) in [6.45, 7) is 1.23. The van der Waals surface area contributed by atoms with E-state index in [1.165, 1.54) is 18.0 Å². The van der Waals surface area contributed by atoms with Crippen molar-refractivity contribution in [2.45, 2.75) is 56.1 Å². The van der Waals surface area contributed by atoms with Crippen LogP contribution in [0.25, 0.3) is 10.8 Å². The lowest BCUT2D eigenvalue weighted by Gasteiger charge is -2.31. The molecule has 0 bridgehead atoms. The van der Waals surface area contributed by atoms with E-state index in [0.29, 0.717) is 15.6 Å². The monoisotopic (exact) mass is 575 g/mol. The summed E-state index contributed by atoms with van der Waals surface area (Å²) >= 11 is 12.4. The first-order valence-corrected chi connectivity index (χ1v) is 14.7. The van der Waals surface area contributed by atoms with E-state index in [9.17, 15) is 18.0 Å². The van der Waals surface area contributed by atoms with Gasteiger partial charge in [0.2, 0.25) is 21.8 Å². The second kappa shape index (κ2) is 12.0. The molecular weight excluding hydrogens is 545 g/mol. The molecular formula is C28H31Cl2N3O4S. The first-order chi connectivity index (χ1) is 18.1. The Morgan fingerprint density at radius 2 is 1.68 bits per heavy atom. The highest BCUT2D eigenvalue weighted by Gasteiger charge is 2.32. The molecule has 10 heteroatoms. The van der Waals surface area contributed by atoms with Crippen LogP contribution in [0, 0.1) is 0 Å². The third kappa shape index (κ3) is 6.49. The van der Waals surface area contributed by atoms with Gasteiger partial charge in [0.15, 0.2) is 0 Å². The summed E-state index contributed by atoms with van der Waals surface area (Å²) in [4.78, 5) is 28.1. The molecule has 0 radical (unpaired) electrons. The average molecular weight is 577 g/mol. The number of nitrogens with one attached hydrogen (secondary N) is 1. The van der Waals surface area contributed by atoms with Crippen LogP contribution in [0.4, 0.5) is 0 Å². The Hall–Kier alpha value is -2.65. The SMILES string of the molecule is CC(C(=O)NC1CCCC1)N(Cc1ccc(Cl)cc1Cl)C(=O)CN(C)S(=O)(=O)c1ccc2ccccc2c1. The van der Waals surface area contributed by atoms with Crippen LogP contribution in [0.5, 0.6) is 0 Å². The number of nitrogens with zero attached hydrogens (tertiary/aromatic N) is 2. The van der Waals surface area contributed by atoms with Crippen molar-refractivity contribution in [3.63, 3.8) is 0 Å². The fraction of sp³-hybridized carbons (Fsp3) is 0.357. The van der Waals surface area contributed by atoms with E-state index in [0.717, 1.165) is 40.8 Å². The molecule has 0 aliphatic heterocycles. The minimum Gasteiger partial charge on any atom is -0.352 e. The maximum absolute atomic E-state index is 13.6. The lowest BCUT2D eigenvalue weighted by Crippen LogP contribution is -2.52. The maximum atomic E-state index is 13.6. The summed E-state index contributed by atoms with van der Waals surface area (Å²) in [6, 6.07) is 16.5. The summed E-state index contributed by atoms with van der Waals surface area (Å²) in [5.41, 5.74) is 0.602. The summed E-state index contributed by atoms with van der Waals surface area (Å²) in [5, 5.41) is 5.53. The summed E-state index contributed by atoms with van der Waals surface area (Å²) < 4.78 is 27.7. The third-order valence-electron chi connectivity index (χ3n) is 7.01. The molecule has 1 unspecified atom stereocenters. The second-order valence-electron chi connectivity index (χ2n) is 9.69. The van der Waals surface area contributed by atoms with Crippen molar-refractivity contribution in [1.82, 2.24) is 14.5 Å². The standard InChI is InChI=1S/C28H31Cl2N3O4S/c1-19(28(35)31-24-9-5-6-10-24)33(17-22-11-13-23(29)16-26(22)30)27(34)18-32(2)38(36,37)25-14-12-20-7-3-4-8-21(20)15-25/h3-4,7-8,11-16,19,24H,5-6,9-10,17-18H2,1-2H3,(H,31,35). The Morgan fingerprint density at radius 1 is 1.00 bits per heavy atom. The molecule has 1 saturated carbocycles. The lowest BCUT2D eigenvalue weighted by atomic mass is 10.1. The zero-order valence-corrected chi connectivity index (χ0v) is 23.7. The first kappa shape index (κ1) is 28.4. The van der Waals surface area contributed by atoms with Crippen LogP contribution in [-0.2, 0) is 26.2 Å². The van der Waals surface area contributed by atoms with Crippen LogP contribution >= 0.6 is 23.2 Å². The summed E-state index contributed by atoms with van der Waals surface area (Å²) in [5.74, 6) is -0.799. The van der Waals surface area contributed by atoms with Gasteiger partial charge in [-0.05, 0) is 60.4 Å². The Kier molecular flexibility index (Phi) is 8.98. The Labute approximate surface area is 233 Å². The number of rotatable bonds is 9. The fourth-order valence-electron chi connectivity index (χ4n) is 4.68. The van der Waals surface area contributed by atoms with Crippen molar-refractivity contribution in [3.05, 3.63) is 76.3 Å². The normalized spacial score (nSPS) is 15.1. The van der Waals surface area contributed by atoms with Gasteiger partial charge in [-0.15, -0.1) is 0 Å². The van der Waals surface area contributed by atoms with E-state index in [-0.39, 0.29) is 23.4 Å². The molecule has 1 N–H and O–H groups in total. The predicted octanol–water partition coefficient (Wildman–Crippen LogP) is 5.24. The predicted molar refractivity (Wildman–Crippen MR) is 151 cm³/mol. The molecule has 4 rings (SSSR count). The molecule has 0 spiro atoms. The van der Waals surface area contributed by atoms with Crippen molar-refractivity contribution < 1.29 is 18.0 Å². The number of benzene rings is 3. The number of carbonyl (C=O) groups excluding carboxylic acids is 2. The van der Waals surface area contributed by atoms with Gasteiger partial charge in [0.1, 0.15) is 6.04 Å². The highest BCUT2D eigenvalue weighted by atomic mass is 35.5. The number of amides is 2. The largest absolute Gasteiger partial charge is 0.352 e. The van der Waals surface area contributed by atoms with Crippen LogP contribution in [0.15, 0.2) is 65.6 Å². The smallest absolute Gasteiger partial charge is 0.243 e. The van der Waals surface area contributed by atoms with E-state index in [4.69, 9.17) is 23.2 Å². The summed E-state index contributed by atoms with van der Waals surface area (Å²) in [7, 11) is -2.61. The number of likely N-dealkylation sites (N-methyl/N-ethyl adjacent to an activating group) is 1. The minimum absolute atomic E-state index is 0.0257. The topological polar surface area (TPSA) is 86.8 Å². The molecule has 38 heavy (non-hydrogen) atoms. The zero-order chi connectivity index (χ0) is 27.4. The van der Waals surface area contributed by atoms with E-state index in [2.05, 4.69) is 5.32 Å². The molecule has 202 valence electrons. The molecule has 1 atom stereocenters. The van der Waals surface area contributed by atoms with Gasteiger partial charge in [0.05, 0.1) is 11.4 Å². The van der Waals surface area contributed by atoms with E-state index >= 15 is 0 Å². The molecule has 1 aliphatic carbocycles. The highest BCUT2D eigenvalue weighted by molar-refractivity contribution is 7.89. The molecule has 0 aromatic heterocycles. The van der Waals surface area contributed by atoms with Gasteiger partial charge in [-0.25, -0.2) is 8.42 Å². The number of fused-ring (bicyclic) bond motifs is 1. The highest BCUT2D eigenvalue weighted by Crippen LogP contribution is 2.25. The number of carbonyl (C=O) groups is 2. The molecule has 2 amide bonds. The quantitative estimate of drug-likeness (QED) is 0.378. The molecule has 1 fully saturated rings. The number of hydrogen-bond donors (Lipinski definition) is 1. The molecule has 3 aromatic carbocycles. The Morgan fingerprint density at radius 3 is 2.37 bits per heavy atom. The lowest BCUT2D eigenvalue weighted by molar-refractivity contribution is -0.140. The average Bonchev–Trinajstić information content (AvgIpc) is 3.40. The van der Waals surface area contributed by atoms with E-state index < -0.39 is 28.5 Å². The van der Waals surface area contributed by atoms with Gasteiger partial charge in [0.25, 0.3) is 0 Å². The second-order valence-corrected chi connectivity index (χ2v) is 12.6. The number of halogens is 2. The van der Waals surface area contributed by atoms with Crippen LogP contribution in [0.3, 0.4) is 0 Å². The van der Waals surface area contributed by atoms with Crippen LogP contribution in [-0.4, -0.2) is 55.1 Å². The van der Waals surface area contributed by atoms with Crippen molar-refractivity contribution in [1.29, 1.82) is 0 Å². The molecule has 0 saturated heterocycles. The van der Waals surface area contributed by atoms with E-state index in [1.807, 2.05) is 24.3 Å². The van der Waals surface area contributed by atoms with Crippen molar-refractivity contribution in [2.24, 2.45) is 0 Å². The fourth-order valence-corrected chi connectivity index (χ4v) is 6.31. The number of hydrogen-bond acceptors (Lipinski definition) is 4. The molecule has 3 aromatic rings. The molecule has 1 aliphatic rings. The van der Waals surface area contributed by atoms with Crippen LogP contribution in [0.2, 0.25) is 10.0 Å². The summed E-state index contributed by atoms with van der Waals surface area (Å²) in [6.07, 6.45) is 3.92. The van der Waals surface area contributed by atoms with Crippen molar-refractivity contribution >= 4 is 55.8 Å². The third-order valence-corrected chi connectivity index (χ3v) is 9.40. The van der Waals surface area contributed by atoms with Crippen molar-refractivity contribution in [2.75, 3.05) is 13.6 Å². The van der Waals surface area contributed by atoms with Gasteiger partial charge in [-0.2, -0.15) is 4.31 Å². The Bertz CT molecular complexity index is 1440. The Balaban J connectivity index is 1.56. The maximum Gasteiger partial charge on any atom is 0.243 e. The van der Waals surface area contributed by atoms with Gasteiger partial charge in [0, 0.05) is 29.7 Å². The van der Waals surface area contributed by atoms with Gasteiger partial charge in [-0.1, -0.05) is 72.4 Å². The molecule has 7 nitrogen and oxygen atoms in total. The van der Waals surface area contributed by atoms with Crippen LogP contribution in [0.1, 0.15) is 38.2 Å². The van der Waals surface area contributed by atoms with Crippen LogP contribution < -0.4 is 5.32 Å². The van der Waals surface area contributed by atoms with Gasteiger partial charge >= 0.3 is 0 Å². The van der Waals surface area contributed by atoms with Crippen molar-refractivity contribution in [3.8, 4) is 0 Å². The molecule has 0 heterocycles. The van der Waals surface area contributed by atoms with Gasteiger partial charge < -0.3 is 10.2 Å². The first-order valence-electron chi connectivity index (χ1n) is 12.5. The number of sulfonamides is 1. The van der Waals surface area contributed by atoms with E-state index in [1.54, 1.807) is 37.3 Å². The minimum atomic E-state index is -3.97.